The van der Waals surface area contributed by atoms with Crippen molar-refractivity contribution in [2.24, 2.45) is 24.8 Å². The molecule has 0 saturated heterocycles. The molecule has 0 aromatic carbocycles. The second kappa shape index (κ2) is 4.08. The monoisotopic (exact) mass is 259 g/mol. The van der Waals surface area contributed by atoms with Crippen molar-refractivity contribution in [3.05, 3.63) is 17.5 Å². The molecule has 0 unspecified atom stereocenters. The van der Waals surface area contributed by atoms with E-state index in [9.17, 15) is 0 Å². The van der Waals surface area contributed by atoms with Crippen LogP contribution in [0.5, 0.6) is 0 Å². The summed E-state index contributed by atoms with van der Waals surface area (Å²) in [6.07, 6.45) is 11.0. The Morgan fingerprint density at radius 3 is 2.32 bits per heavy atom. The third kappa shape index (κ3) is 1.78. The Balaban J connectivity index is 1.75. The number of rotatable bonds is 3. The fourth-order valence-electron chi connectivity index (χ4n) is 5.70. The Labute approximate surface area is 115 Å². The van der Waals surface area contributed by atoms with Gasteiger partial charge in [0.15, 0.2) is 0 Å². The molecule has 3 heteroatoms. The van der Waals surface area contributed by atoms with Crippen LogP contribution in [-0.4, -0.2) is 16.8 Å². The van der Waals surface area contributed by atoms with Gasteiger partial charge in [-0.25, -0.2) is 0 Å². The maximum Gasteiger partial charge on any atom is 0.0731 e. The summed E-state index contributed by atoms with van der Waals surface area (Å²) >= 11 is 0. The van der Waals surface area contributed by atoms with Crippen molar-refractivity contribution >= 4 is 0 Å². The van der Waals surface area contributed by atoms with Gasteiger partial charge in [-0.2, -0.15) is 5.10 Å². The van der Waals surface area contributed by atoms with Gasteiger partial charge in [-0.3, -0.25) is 4.68 Å². The molecule has 104 valence electrons. The van der Waals surface area contributed by atoms with E-state index in [2.05, 4.69) is 18.6 Å². The lowest BCUT2D eigenvalue weighted by atomic mass is 9.48. The summed E-state index contributed by atoms with van der Waals surface area (Å²) in [5.41, 5.74) is 3.30. The van der Waals surface area contributed by atoms with Crippen LogP contribution in [0.15, 0.2) is 6.20 Å². The summed E-state index contributed by atoms with van der Waals surface area (Å²) in [7, 11) is 4.11. The van der Waals surface area contributed by atoms with Crippen LogP contribution in [0.25, 0.3) is 0 Å². The molecule has 0 amide bonds. The van der Waals surface area contributed by atoms with Crippen LogP contribution >= 0.6 is 0 Å². The Morgan fingerprint density at radius 2 is 1.79 bits per heavy atom. The van der Waals surface area contributed by atoms with Crippen molar-refractivity contribution in [3.63, 3.8) is 0 Å². The van der Waals surface area contributed by atoms with Crippen molar-refractivity contribution in [1.29, 1.82) is 0 Å². The van der Waals surface area contributed by atoms with Crippen molar-refractivity contribution < 1.29 is 0 Å². The normalized spacial score (nSPS) is 40.0. The molecular formula is C16H25N3. The largest absolute Gasteiger partial charge is 0.316 e. The SMILES string of the molecule is CNCc1cn(C)nc1C12CC3CC(CC(C3)C1)C2. The zero-order valence-corrected chi connectivity index (χ0v) is 12.2. The van der Waals surface area contributed by atoms with Crippen LogP contribution in [0.2, 0.25) is 0 Å². The molecule has 0 spiro atoms. The molecule has 4 fully saturated rings. The van der Waals surface area contributed by atoms with Gasteiger partial charge in [0.1, 0.15) is 0 Å². The van der Waals surface area contributed by atoms with Crippen LogP contribution in [0.1, 0.15) is 49.8 Å². The van der Waals surface area contributed by atoms with Crippen molar-refractivity contribution in [1.82, 2.24) is 15.1 Å². The van der Waals surface area contributed by atoms with Crippen LogP contribution in [0, 0.1) is 17.8 Å². The van der Waals surface area contributed by atoms with Crippen LogP contribution in [0.4, 0.5) is 0 Å². The predicted octanol–water partition coefficient (Wildman–Crippen LogP) is 2.61. The van der Waals surface area contributed by atoms with Crippen molar-refractivity contribution in [3.8, 4) is 0 Å². The third-order valence-electron chi connectivity index (χ3n) is 5.81. The second-order valence-electron chi connectivity index (χ2n) is 7.40. The minimum Gasteiger partial charge on any atom is -0.316 e. The molecule has 4 saturated carbocycles. The molecule has 0 radical (unpaired) electrons. The average Bonchev–Trinajstić information content (AvgIpc) is 2.70. The Hall–Kier alpha value is -0.830. The van der Waals surface area contributed by atoms with Gasteiger partial charge in [0.2, 0.25) is 0 Å². The van der Waals surface area contributed by atoms with E-state index in [1.165, 1.54) is 49.8 Å². The highest BCUT2D eigenvalue weighted by atomic mass is 15.3. The fourth-order valence-corrected chi connectivity index (χ4v) is 5.70. The first kappa shape index (κ1) is 12.0. The molecule has 1 aromatic heterocycles. The number of hydrogen-bond acceptors (Lipinski definition) is 2. The lowest BCUT2D eigenvalue weighted by molar-refractivity contribution is -0.00783. The summed E-state index contributed by atoms with van der Waals surface area (Å²) in [6, 6.07) is 0. The van der Waals surface area contributed by atoms with E-state index in [4.69, 9.17) is 5.10 Å². The summed E-state index contributed by atoms with van der Waals surface area (Å²) < 4.78 is 2.03. The number of hydrogen-bond donors (Lipinski definition) is 1. The third-order valence-corrected chi connectivity index (χ3v) is 5.81. The first-order chi connectivity index (χ1) is 9.18. The van der Waals surface area contributed by atoms with E-state index in [0.29, 0.717) is 5.41 Å². The highest BCUT2D eigenvalue weighted by Crippen LogP contribution is 2.60. The average molecular weight is 259 g/mol. The summed E-state index contributed by atoms with van der Waals surface area (Å²) in [5, 5.41) is 8.21. The van der Waals surface area contributed by atoms with Gasteiger partial charge in [-0.1, -0.05) is 0 Å². The topological polar surface area (TPSA) is 29.9 Å². The van der Waals surface area contributed by atoms with E-state index in [1.54, 1.807) is 0 Å². The molecule has 4 bridgehead atoms. The van der Waals surface area contributed by atoms with Crippen LogP contribution in [0.3, 0.4) is 0 Å². The number of nitrogens with zero attached hydrogens (tertiary/aromatic N) is 2. The van der Waals surface area contributed by atoms with Gasteiger partial charge in [-0.05, 0) is 63.3 Å². The molecule has 19 heavy (non-hydrogen) atoms. The highest BCUT2D eigenvalue weighted by molar-refractivity contribution is 5.30. The van der Waals surface area contributed by atoms with Gasteiger partial charge < -0.3 is 5.32 Å². The van der Waals surface area contributed by atoms with Gasteiger partial charge in [0.05, 0.1) is 5.69 Å². The molecule has 4 aliphatic carbocycles. The minimum absolute atomic E-state index is 0.433. The Morgan fingerprint density at radius 1 is 1.21 bits per heavy atom. The molecule has 3 nitrogen and oxygen atoms in total. The maximum absolute atomic E-state index is 4.90. The van der Waals surface area contributed by atoms with E-state index in [1.807, 2.05) is 11.7 Å². The number of aryl methyl sites for hydroxylation is 1. The van der Waals surface area contributed by atoms with Crippen LogP contribution < -0.4 is 5.32 Å². The van der Waals surface area contributed by atoms with Gasteiger partial charge >= 0.3 is 0 Å². The molecule has 5 rings (SSSR count). The molecule has 0 atom stereocenters. The predicted molar refractivity (Wildman–Crippen MR) is 75.8 cm³/mol. The lowest BCUT2D eigenvalue weighted by Crippen LogP contribution is -2.49. The molecule has 1 N–H and O–H groups in total. The van der Waals surface area contributed by atoms with E-state index >= 15 is 0 Å². The minimum atomic E-state index is 0.433. The Kier molecular flexibility index (Phi) is 2.57. The molecule has 0 aliphatic heterocycles. The van der Waals surface area contributed by atoms with E-state index in [0.717, 1.165) is 24.3 Å². The van der Waals surface area contributed by atoms with E-state index in [-0.39, 0.29) is 0 Å². The molecule has 1 heterocycles. The van der Waals surface area contributed by atoms with E-state index < -0.39 is 0 Å². The molecular weight excluding hydrogens is 234 g/mol. The van der Waals surface area contributed by atoms with Gasteiger partial charge in [0, 0.05) is 30.8 Å². The smallest absolute Gasteiger partial charge is 0.0731 e. The number of aromatic nitrogens is 2. The fraction of sp³-hybridized carbons (Fsp3) is 0.812. The standard InChI is InChI=1S/C16H25N3/c1-17-9-14-10-19(2)18-15(14)16-6-11-3-12(7-16)5-13(4-11)8-16/h10-13,17H,3-9H2,1-2H3. The summed E-state index contributed by atoms with van der Waals surface area (Å²) in [6.45, 7) is 0.963. The zero-order chi connectivity index (χ0) is 13.0. The zero-order valence-electron chi connectivity index (χ0n) is 12.2. The summed E-state index contributed by atoms with van der Waals surface area (Å²) in [4.78, 5) is 0. The quantitative estimate of drug-likeness (QED) is 0.904. The highest BCUT2D eigenvalue weighted by Gasteiger charge is 2.53. The van der Waals surface area contributed by atoms with Gasteiger partial charge in [-0.15, -0.1) is 0 Å². The lowest BCUT2D eigenvalue weighted by Gasteiger charge is -2.56. The Bertz CT molecular complexity index is 453. The number of nitrogens with one attached hydrogen (secondary N) is 1. The second-order valence-corrected chi connectivity index (χ2v) is 7.40. The van der Waals surface area contributed by atoms with Crippen molar-refractivity contribution in [2.75, 3.05) is 7.05 Å². The summed E-state index contributed by atoms with van der Waals surface area (Å²) in [5.74, 6) is 2.99. The van der Waals surface area contributed by atoms with Gasteiger partial charge in [0.25, 0.3) is 0 Å². The first-order valence-corrected chi connectivity index (χ1v) is 7.86. The maximum atomic E-state index is 4.90. The van der Waals surface area contributed by atoms with Crippen LogP contribution in [-0.2, 0) is 19.0 Å². The first-order valence-electron chi connectivity index (χ1n) is 7.86. The molecule has 4 aliphatic rings. The molecule has 1 aromatic rings. The van der Waals surface area contributed by atoms with Crippen molar-refractivity contribution in [2.45, 2.75) is 50.5 Å².